The topological polar surface area (TPSA) is 3.24 Å². The Morgan fingerprint density at radius 2 is 1.00 bits per heavy atom. The molecule has 0 N–H and O–H groups in total. The maximum atomic E-state index is 2.52. The van der Waals surface area contributed by atoms with Gasteiger partial charge in [-0.2, -0.15) is 0 Å². The second-order valence-electron chi connectivity index (χ2n) is 15.4. The fourth-order valence-electron chi connectivity index (χ4n) is 9.47. The first kappa shape index (κ1) is 34.5. The van der Waals surface area contributed by atoms with Crippen LogP contribution in [0.5, 0.6) is 0 Å². The Morgan fingerprint density at radius 3 is 1.68 bits per heavy atom. The highest BCUT2D eigenvalue weighted by Gasteiger charge is 2.47. The van der Waals surface area contributed by atoms with Crippen molar-refractivity contribution in [2.24, 2.45) is 0 Å². The van der Waals surface area contributed by atoms with Gasteiger partial charge in [-0.3, -0.25) is 0 Å². The van der Waals surface area contributed by atoms with E-state index in [1.54, 1.807) is 0 Å². The van der Waals surface area contributed by atoms with E-state index in [1.165, 1.54) is 72.0 Å². The van der Waals surface area contributed by atoms with E-state index in [1.807, 2.05) is 0 Å². The van der Waals surface area contributed by atoms with Crippen LogP contribution in [0.25, 0.3) is 44.2 Å². The van der Waals surface area contributed by atoms with E-state index in [0.29, 0.717) is 5.92 Å². The highest BCUT2D eigenvalue weighted by Crippen LogP contribution is 2.59. The summed E-state index contributed by atoms with van der Waals surface area (Å²) in [5.41, 5.74) is 16.8. The average molecular weight is 730 g/mol. The summed E-state index contributed by atoms with van der Waals surface area (Å²) in [6.07, 6.45) is 0. The van der Waals surface area contributed by atoms with Crippen molar-refractivity contribution < 1.29 is 0 Å². The molecule has 57 heavy (non-hydrogen) atoms. The zero-order valence-electron chi connectivity index (χ0n) is 32.3. The molecule has 0 unspecified atom stereocenters. The van der Waals surface area contributed by atoms with Gasteiger partial charge in [-0.15, -0.1) is 0 Å². The minimum atomic E-state index is -0.537. The van der Waals surface area contributed by atoms with Crippen LogP contribution >= 0.6 is 0 Å². The standard InChI is InChI=1S/C56H43N/c1-39(2)46-31-19-32-50-55(46)49-36-35-45(38-51(49)56(50,43-25-11-5-12-26-43)44-27-13-6-14-28-44)57(52-33-18-17-29-47(52)40-20-7-3-8-21-40)53-37-34-41-22-15-16-30-48(41)54(53)42-23-9-4-10-24-42/h3-39H,1-2H3. The molecule has 1 aliphatic rings. The van der Waals surface area contributed by atoms with Gasteiger partial charge in [0.1, 0.15) is 0 Å². The predicted octanol–water partition coefficient (Wildman–Crippen LogP) is 15.1. The lowest BCUT2D eigenvalue weighted by Gasteiger charge is -2.35. The molecule has 0 spiro atoms. The molecule has 0 heterocycles. The second kappa shape index (κ2) is 14.3. The molecule has 1 nitrogen and oxygen atoms in total. The number of anilines is 3. The molecule has 272 valence electrons. The molecule has 0 saturated heterocycles. The minimum absolute atomic E-state index is 0.357. The van der Waals surface area contributed by atoms with Crippen molar-refractivity contribution in [3.8, 4) is 33.4 Å². The van der Waals surface area contributed by atoms with Crippen molar-refractivity contribution >= 4 is 27.8 Å². The molecular weight excluding hydrogens is 687 g/mol. The number of benzene rings is 9. The van der Waals surface area contributed by atoms with Crippen LogP contribution in [-0.2, 0) is 5.41 Å². The van der Waals surface area contributed by atoms with E-state index in [2.05, 4.69) is 237 Å². The van der Waals surface area contributed by atoms with Crippen LogP contribution in [0.2, 0.25) is 0 Å². The Balaban J connectivity index is 1.34. The second-order valence-corrected chi connectivity index (χ2v) is 15.4. The summed E-state index contributed by atoms with van der Waals surface area (Å²) >= 11 is 0. The molecule has 1 aliphatic carbocycles. The van der Waals surface area contributed by atoms with Crippen LogP contribution in [-0.4, -0.2) is 0 Å². The zero-order valence-corrected chi connectivity index (χ0v) is 32.3. The van der Waals surface area contributed by atoms with Gasteiger partial charge < -0.3 is 4.90 Å². The number of rotatable bonds is 8. The summed E-state index contributed by atoms with van der Waals surface area (Å²) in [5.74, 6) is 0.357. The average Bonchev–Trinajstić information content (AvgIpc) is 3.58. The lowest BCUT2D eigenvalue weighted by Crippen LogP contribution is -2.29. The lowest BCUT2D eigenvalue weighted by molar-refractivity contribution is 0.765. The van der Waals surface area contributed by atoms with Crippen molar-refractivity contribution in [2.45, 2.75) is 25.2 Å². The fourth-order valence-corrected chi connectivity index (χ4v) is 9.47. The molecule has 0 aliphatic heterocycles. The molecule has 0 amide bonds. The summed E-state index contributed by atoms with van der Waals surface area (Å²) < 4.78 is 0. The number of para-hydroxylation sites is 1. The number of hydrogen-bond acceptors (Lipinski definition) is 1. The fraction of sp³-hybridized carbons (Fsp3) is 0.0714. The van der Waals surface area contributed by atoms with Gasteiger partial charge in [0.15, 0.2) is 0 Å². The summed E-state index contributed by atoms with van der Waals surface area (Å²) in [6.45, 7) is 4.64. The van der Waals surface area contributed by atoms with Crippen LogP contribution in [0.1, 0.15) is 47.6 Å². The smallest absolute Gasteiger partial charge is 0.0714 e. The third-order valence-electron chi connectivity index (χ3n) is 11.9. The van der Waals surface area contributed by atoms with E-state index in [0.717, 1.165) is 17.1 Å². The first-order chi connectivity index (χ1) is 28.1. The number of hydrogen-bond donors (Lipinski definition) is 0. The minimum Gasteiger partial charge on any atom is -0.309 e. The van der Waals surface area contributed by atoms with Crippen molar-refractivity contribution in [1.29, 1.82) is 0 Å². The van der Waals surface area contributed by atoms with E-state index in [4.69, 9.17) is 0 Å². The van der Waals surface area contributed by atoms with E-state index in [-0.39, 0.29) is 0 Å². The Kier molecular flexibility index (Phi) is 8.65. The van der Waals surface area contributed by atoms with Gasteiger partial charge in [0.2, 0.25) is 0 Å². The maximum absolute atomic E-state index is 2.52. The third-order valence-corrected chi connectivity index (χ3v) is 11.9. The van der Waals surface area contributed by atoms with Crippen LogP contribution in [0.15, 0.2) is 218 Å². The molecule has 0 aromatic heterocycles. The first-order valence-electron chi connectivity index (χ1n) is 20.1. The quantitative estimate of drug-likeness (QED) is 0.151. The predicted molar refractivity (Wildman–Crippen MR) is 241 cm³/mol. The first-order valence-corrected chi connectivity index (χ1v) is 20.1. The highest BCUT2D eigenvalue weighted by molar-refractivity contribution is 6.06. The Hall–Kier alpha value is -6.96. The Morgan fingerprint density at radius 1 is 0.404 bits per heavy atom. The molecule has 0 atom stereocenters. The van der Waals surface area contributed by atoms with Gasteiger partial charge in [-0.1, -0.05) is 208 Å². The normalized spacial score (nSPS) is 12.7. The van der Waals surface area contributed by atoms with Crippen molar-refractivity contribution in [1.82, 2.24) is 0 Å². The molecule has 10 rings (SSSR count). The number of nitrogens with zero attached hydrogens (tertiary/aromatic N) is 1. The molecule has 0 saturated carbocycles. The Labute approximate surface area is 336 Å². The van der Waals surface area contributed by atoms with Crippen molar-refractivity contribution in [2.75, 3.05) is 4.90 Å². The molecule has 9 aromatic carbocycles. The summed E-state index contributed by atoms with van der Waals surface area (Å²) in [4.78, 5) is 2.52. The number of fused-ring (bicyclic) bond motifs is 4. The van der Waals surface area contributed by atoms with Crippen LogP contribution in [0, 0.1) is 0 Å². The zero-order chi connectivity index (χ0) is 38.3. The lowest BCUT2D eigenvalue weighted by atomic mass is 9.67. The van der Waals surface area contributed by atoms with Crippen molar-refractivity contribution in [3.63, 3.8) is 0 Å². The van der Waals surface area contributed by atoms with Gasteiger partial charge >= 0.3 is 0 Å². The summed E-state index contributed by atoms with van der Waals surface area (Å²) in [6, 6.07) is 80.5. The third kappa shape index (κ3) is 5.61. The van der Waals surface area contributed by atoms with E-state index >= 15 is 0 Å². The molecule has 9 aromatic rings. The highest BCUT2D eigenvalue weighted by atomic mass is 15.1. The maximum Gasteiger partial charge on any atom is 0.0714 e. The molecule has 0 radical (unpaired) electrons. The molecule has 0 fully saturated rings. The van der Waals surface area contributed by atoms with Gasteiger partial charge in [-0.25, -0.2) is 0 Å². The van der Waals surface area contributed by atoms with Crippen LogP contribution < -0.4 is 4.90 Å². The summed E-state index contributed by atoms with van der Waals surface area (Å²) in [5, 5.41) is 2.44. The van der Waals surface area contributed by atoms with E-state index in [9.17, 15) is 0 Å². The van der Waals surface area contributed by atoms with Gasteiger partial charge in [-0.05, 0) is 91.0 Å². The van der Waals surface area contributed by atoms with E-state index < -0.39 is 5.41 Å². The summed E-state index contributed by atoms with van der Waals surface area (Å²) in [7, 11) is 0. The van der Waals surface area contributed by atoms with Crippen LogP contribution in [0.3, 0.4) is 0 Å². The monoisotopic (exact) mass is 729 g/mol. The molecular formula is C56H43N. The molecule has 0 bridgehead atoms. The van der Waals surface area contributed by atoms with Gasteiger partial charge in [0, 0.05) is 16.8 Å². The van der Waals surface area contributed by atoms with Crippen molar-refractivity contribution in [3.05, 3.63) is 246 Å². The Bertz CT molecular complexity index is 2820. The van der Waals surface area contributed by atoms with Crippen LogP contribution in [0.4, 0.5) is 17.1 Å². The van der Waals surface area contributed by atoms with Gasteiger partial charge in [0.25, 0.3) is 0 Å². The molecule has 1 heteroatoms. The SMILES string of the molecule is CC(C)c1cccc2c1-c1ccc(N(c3ccccc3-c3ccccc3)c3ccc4ccccc4c3-c3ccccc3)cc1C2(c1ccccc1)c1ccccc1. The largest absolute Gasteiger partial charge is 0.309 e. The van der Waals surface area contributed by atoms with Gasteiger partial charge in [0.05, 0.1) is 16.8 Å².